The second-order valence-electron chi connectivity index (χ2n) is 1.66. The number of Topliss-reactive ketones (excluding diaryl/α,β-unsaturated/α-hetero) is 1. The van der Waals surface area contributed by atoms with Crippen molar-refractivity contribution < 1.29 is 9.59 Å². The Hall–Kier alpha value is 0.340. The van der Waals surface area contributed by atoms with Gasteiger partial charge in [0.1, 0.15) is 12.1 Å². The van der Waals surface area contributed by atoms with Gasteiger partial charge in [0.05, 0.1) is 6.42 Å². The normalized spacial score (nSPS) is 7.67. The van der Waals surface area contributed by atoms with Gasteiger partial charge in [-0.15, -0.1) is 0 Å². The van der Waals surface area contributed by atoms with Gasteiger partial charge in [-0.05, 0) is 6.42 Å². The van der Waals surface area contributed by atoms with E-state index in [1.165, 1.54) is 0 Å². The van der Waals surface area contributed by atoms with Crippen LogP contribution in [0.1, 0.15) is 26.2 Å². The molecular formula is C6H10NaO2. The molecule has 0 aromatic heterocycles. The third-order valence-electron chi connectivity index (χ3n) is 0.840. The molecule has 0 aliphatic rings. The van der Waals surface area contributed by atoms with Gasteiger partial charge in [0, 0.05) is 36.0 Å². The van der Waals surface area contributed by atoms with E-state index in [0.29, 0.717) is 12.7 Å². The molecule has 0 saturated heterocycles. The zero-order chi connectivity index (χ0) is 6.41. The molecule has 0 fully saturated rings. The van der Waals surface area contributed by atoms with Crippen LogP contribution in [0.25, 0.3) is 0 Å². The van der Waals surface area contributed by atoms with Crippen LogP contribution in [-0.4, -0.2) is 41.6 Å². The van der Waals surface area contributed by atoms with Crippen molar-refractivity contribution in [1.29, 1.82) is 0 Å². The van der Waals surface area contributed by atoms with Crippen molar-refractivity contribution in [2.24, 2.45) is 0 Å². The smallest absolute Gasteiger partial charge is 0.139 e. The van der Waals surface area contributed by atoms with Crippen molar-refractivity contribution in [3.63, 3.8) is 0 Å². The van der Waals surface area contributed by atoms with Gasteiger partial charge in [-0.2, -0.15) is 0 Å². The molecule has 0 aliphatic carbocycles. The second kappa shape index (κ2) is 8.34. The number of ketones is 1. The fourth-order valence-corrected chi connectivity index (χ4v) is 0.474. The summed E-state index contributed by atoms with van der Waals surface area (Å²) >= 11 is 0. The van der Waals surface area contributed by atoms with Crippen molar-refractivity contribution >= 4 is 41.6 Å². The van der Waals surface area contributed by atoms with E-state index in [1.54, 1.807) is 0 Å². The van der Waals surface area contributed by atoms with Crippen LogP contribution in [-0.2, 0) is 9.59 Å². The average Bonchev–Trinajstić information content (AvgIpc) is 1.68. The average molecular weight is 137 g/mol. The molecule has 0 heterocycles. The Balaban J connectivity index is 0. The Kier molecular flexibility index (Phi) is 11.2. The van der Waals surface area contributed by atoms with Crippen molar-refractivity contribution in [1.82, 2.24) is 0 Å². The van der Waals surface area contributed by atoms with Crippen LogP contribution < -0.4 is 0 Å². The molecular weight excluding hydrogens is 127 g/mol. The SMILES string of the molecule is CCCC(=O)CC=O.[Na]. The Labute approximate surface area is 77.3 Å². The molecule has 0 rings (SSSR count). The van der Waals surface area contributed by atoms with Gasteiger partial charge in [-0.3, -0.25) is 4.79 Å². The monoisotopic (exact) mass is 137 g/mol. The molecule has 0 saturated carbocycles. The molecule has 0 amide bonds. The molecule has 0 aliphatic heterocycles. The van der Waals surface area contributed by atoms with E-state index < -0.39 is 0 Å². The molecule has 0 aromatic carbocycles. The predicted octanol–water partition coefficient (Wildman–Crippen LogP) is 0.564. The molecule has 1 radical (unpaired) electrons. The van der Waals surface area contributed by atoms with Gasteiger partial charge < -0.3 is 4.79 Å². The maximum atomic E-state index is 10.4. The summed E-state index contributed by atoms with van der Waals surface area (Å²) in [5.74, 6) is 0.0440. The third kappa shape index (κ3) is 8.34. The van der Waals surface area contributed by atoms with E-state index in [-0.39, 0.29) is 41.8 Å². The minimum Gasteiger partial charge on any atom is -0.303 e. The molecule has 0 atom stereocenters. The Morgan fingerprint density at radius 3 is 2.44 bits per heavy atom. The summed E-state index contributed by atoms with van der Waals surface area (Å²) in [6.45, 7) is 1.92. The van der Waals surface area contributed by atoms with E-state index >= 15 is 0 Å². The molecule has 0 N–H and O–H groups in total. The fraction of sp³-hybridized carbons (Fsp3) is 0.667. The van der Waals surface area contributed by atoms with Crippen molar-refractivity contribution in [2.75, 3.05) is 0 Å². The minimum atomic E-state index is 0. The largest absolute Gasteiger partial charge is 0.303 e. The van der Waals surface area contributed by atoms with E-state index in [2.05, 4.69) is 0 Å². The van der Waals surface area contributed by atoms with Crippen LogP contribution in [0.15, 0.2) is 0 Å². The quantitative estimate of drug-likeness (QED) is 0.322. The molecule has 0 unspecified atom stereocenters. The minimum absolute atomic E-state index is 0. The maximum absolute atomic E-state index is 10.4. The molecule has 0 spiro atoms. The second-order valence-corrected chi connectivity index (χ2v) is 1.66. The zero-order valence-corrected chi connectivity index (χ0v) is 8.02. The fourth-order valence-electron chi connectivity index (χ4n) is 0.474. The first-order chi connectivity index (χ1) is 3.81. The van der Waals surface area contributed by atoms with E-state index in [9.17, 15) is 9.59 Å². The van der Waals surface area contributed by atoms with Crippen LogP contribution in [0.2, 0.25) is 0 Å². The van der Waals surface area contributed by atoms with Crippen LogP contribution in [0.3, 0.4) is 0 Å². The summed E-state index contributed by atoms with van der Waals surface area (Å²) < 4.78 is 0. The standard InChI is InChI=1S/C6H10O2.Na/c1-2-3-6(8)4-5-7;/h5H,2-4H2,1H3;. The molecule has 47 valence electrons. The Morgan fingerprint density at radius 2 is 2.11 bits per heavy atom. The van der Waals surface area contributed by atoms with E-state index in [0.717, 1.165) is 6.42 Å². The summed E-state index contributed by atoms with van der Waals surface area (Å²) in [6.07, 6.45) is 2.12. The van der Waals surface area contributed by atoms with Gasteiger partial charge in [-0.25, -0.2) is 0 Å². The third-order valence-corrected chi connectivity index (χ3v) is 0.840. The van der Waals surface area contributed by atoms with Crippen LogP contribution in [0.5, 0.6) is 0 Å². The van der Waals surface area contributed by atoms with Gasteiger partial charge in [0.2, 0.25) is 0 Å². The molecule has 0 aromatic rings. The van der Waals surface area contributed by atoms with E-state index in [4.69, 9.17) is 0 Å². The van der Waals surface area contributed by atoms with Crippen LogP contribution >= 0.6 is 0 Å². The van der Waals surface area contributed by atoms with Crippen molar-refractivity contribution in [3.05, 3.63) is 0 Å². The number of hydrogen-bond acceptors (Lipinski definition) is 2. The van der Waals surface area contributed by atoms with Crippen molar-refractivity contribution in [3.8, 4) is 0 Å². The number of hydrogen-bond donors (Lipinski definition) is 0. The van der Waals surface area contributed by atoms with Crippen molar-refractivity contribution in [2.45, 2.75) is 26.2 Å². The predicted molar refractivity (Wildman–Crippen MR) is 36.4 cm³/mol. The van der Waals surface area contributed by atoms with Crippen LogP contribution in [0.4, 0.5) is 0 Å². The Bertz CT molecular complexity index is 91.1. The maximum Gasteiger partial charge on any atom is 0.139 e. The summed E-state index contributed by atoms with van der Waals surface area (Å²) in [6, 6.07) is 0. The van der Waals surface area contributed by atoms with Crippen LogP contribution in [0, 0.1) is 0 Å². The van der Waals surface area contributed by atoms with Gasteiger partial charge in [-0.1, -0.05) is 6.92 Å². The first-order valence-electron chi connectivity index (χ1n) is 2.76. The Morgan fingerprint density at radius 1 is 1.56 bits per heavy atom. The number of rotatable bonds is 4. The first-order valence-corrected chi connectivity index (χ1v) is 2.76. The summed E-state index contributed by atoms with van der Waals surface area (Å²) in [5.41, 5.74) is 0. The number of aldehydes is 1. The molecule has 2 nitrogen and oxygen atoms in total. The summed E-state index contributed by atoms with van der Waals surface area (Å²) in [5, 5.41) is 0. The molecule has 9 heavy (non-hydrogen) atoms. The summed E-state index contributed by atoms with van der Waals surface area (Å²) in [4.78, 5) is 20.1. The van der Waals surface area contributed by atoms with Gasteiger partial charge in [0.25, 0.3) is 0 Å². The number of carbonyl (C=O) groups excluding carboxylic acids is 2. The molecule has 3 heteroatoms. The zero-order valence-electron chi connectivity index (χ0n) is 6.02. The van der Waals surface area contributed by atoms with Gasteiger partial charge >= 0.3 is 0 Å². The summed E-state index contributed by atoms with van der Waals surface area (Å²) in [7, 11) is 0. The van der Waals surface area contributed by atoms with E-state index in [1.807, 2.05) is 6.92 Å². The first kappa shape index (κ1) is 12.1. The molecule has 0 bridgehead atoms. The van der Waals surface area contributed by atoms with Gasteiger partial charge in [0.15, 0.2) is 0 Å². The topological polar surface area (TPSA) is 34.1 Å². The number of carbonyl (C=O) groups is 2.